The second kappa shape index (κ2) is 5.21. The topological polar surface area (TPSA) is 53.8 Å². The quantitative estimate of drug-likeness (QED) is 0.658. The summed E-state index contributed by atoms with van der Waals surface area (Å²) < 4.78 is 39.0. The fourth-order valence-electron chi connectivity index (χ4n) is 1.19. The van der Waals surface area contributed by atoms with Crippen molar-refractivity contribution in [3.8, 4) is 0 Å². The molecule has 1 heterocycles. The van der Waals surface area contributed by atoms with Gasteiger partial charge in [-0.15, -0.1) is 5.10 Å². The number of amidine groups is 1. The van der Waals surface area contributed by atoms with Gasteiger partial charge in [0.2, 0.25) is 5.91 Å². The van der Waals surface area contributed by atoms with Crippen LogP contribution in [0.5, 0.6) is 0 Å². The van der Waals surface area contributed by atoms with Crippen LogP contribution in [0.1, 0.15) is 5.56 Å². The molecule has 0 unspecified atom stereocenters. The first-order valence-electron chi connectivity index (χ1n) is 4.74. The van der Waals surface area contributed by atoms with E-state index in [0.29, 0.717) is 12.1 Å². The van der Waals surface area contributed by atoms with Crippen LogP contribution in [0.3, 0.4) is 0 Å². The van der Waals surface area contributed by atoms with Gasteiger partial charge in [-0.1, -0.05) is 11.8 Å². The molecular formula is C10H6F3N3OS. The summed E-state index contributed by atoms with van der Waals surface area (Å²) in [6.45, 7) is 0. The Hall–Kier alpha value is -1.83. The Balaban J connectivity index is 2.17. The van der Waals surface area contributed by atoms with Crippen LogP contribution >= 0.6 is 11.8 Å². The summed E-state index contributed by atoms with van der Waals surface area (Å²) in [7, 11) is 0. The summed E-state index contributed by atoms with van der Waals surface area (Å²) in [5, 5.41) is 9.64. The number of rotatable bonds is 2. The standard InChI is InChI=1S/C10H6F3N3OS/c11-5-1-7(12)6(8(13)2-5)3-14-16-10-15-9(17)4-18-10/h1-3H,4H2,(H,15,16,17). The minimum Gasteiger partial charge on any atom is -0.303 e. The average molecular weight is 273 g/mol. The van der Waals surface area contributed by atoms with E-state index < -0.39 is 23.0 Å². The molecule has 1 aromatic carbocycles. The molecule has 0 aliphatic carbocycles. The Bertz CT molecular complexity index is 536. The average Bonchev–Trinajstić information content (AvgIpc) is 2.68. The van der Waals surface area contributed by atoms with Crippen molar-refractivity contribution in [1.82, 2.24) is 5.32 Å². The number of carbonyl (C=O) groups is 1. The number of nitrogens with one attached hydrogen (secondary N) is 1. The van der Waals surface area contributed by atoms with Crippen molar-refractivity contribution in [3.63, 3.8) is 0 Å². The van der Waals surface area contributed by atoms with Crippen molar-refractivity contribution < 1.29 is 18.0 Å². The van der Waals surface area contributed by atoms with E-state index in [1.807, 2.05) is 0 Å². The van der Waals surface area contributed by atoms with Crippen LogP contribution in [0, 0.1) is 17.5 Å². The minimum absolute atomic E-state index is 0.215. The Labute approximate surface area is 104 Å². The summed E-state index contributed by atoms with van der Waals surface area (Å²) in [6.07, 6.45) is 0.822. The molecule has 1 amide bonds. The van der Waals surface area contributed by atoms with E-state index in [-0.39, 0.29) is 16.8 Å². The van der Waals surface area contributed by atoms with E-state index >= 15 is 0 Å². The zero-order valence-electron chi connectivity index (χ0n) is 8.78. The van der Waals surface area contributed by atoms with E-state index in [4.69, 9.17) is 0 Å². The van der Waals surface area contributed by atoms with Gasteiger partial charge in [0, 0.05) is 12.1 Å². The van der Waals surface area contributed by atoms with Gasteiger partial charge in [-0.2, -0.15) is 5.10 Å². The maximum Gasteiger partial charge on any atom is 0.236 e. The number of hydrogen-bond acceptors (Lipinski definition) is 4. The van der Waals surface area contributed by atoms with Gasteiger partial charge in [0.15, 0.2) is 5.17 Å². The van der Waals surface area contributed by atoms with Gasteiger partial charge in [0.25, 0.3) is 0 Å². The summed E-state index contributed by atoms with van der Waals surface area (Å²) in [4.78, 5) is 10.8. The van der Waals surface area contributed by atoms with Crippen LogP contribution in [0.2, 0.25) is 0 Å². The molecule has 1 fully saturated rings. The Morgan fingerprint density at radius 2 is 1.94 bits per heavy atom. The van der Waals surface area contributed by atoms with Crippen LogP contribution in [0.4, 0.5) is 13.2 Å². The normalized spacial score (nSPS) is 17.7. The van der Waals surface area contributed by atoms with Crippen molar-refractivity contribution >= 4 is 29.1 Å². The smallest absolute Gasteiger partial charge is 0.236 e. The maximum absolute atomic E-state index is 13.2. The Morgan fingerprint density at radius 3 is 2.50 bits per heavy atom. The van der Waals surface area contributed by atoms with Gasteiger partial charge < -0.3 is 5.32 Å². The summed E-state index contributed by atoms with van der Waals surface area (Å²) >= 11 is 1.12. The third-order valence-corrected chi connectivity index (χ3v) is 2.83. The van der Waals surface area contributed by atoms with Crippen molar-refractivity contribution in [3.05, 3.63) is 35.1 Å². The third-order valence-electron chi connectivity index (χ3n) is 1.97. The van der Waals surface area contributed by atoms with E-state index in [1.54, 1.807) is 0 Å². The number of nitrogens with zero attached hydrogens (tertiary/aromatic N) is 2. The molecule has 94 valence electrons. The van der Waals surface area contributed by atoms with Crippen LogP contribution in [0.15, 0.2) is 22.3 Å². The predicted molar refractivity (Wildman–Crippen MR) is 61.9 cm³/mol. The maximum atomic E-state index is 13.2. The van der Waals surface area contributed by atoms with E-state index in [9.17, 15) is 18.0 Å². The van der Waals surface area contributed by atoms with Crippen LogP contribution in [-0.4, -0.2) is 23.0 Å². The molecule has 1 saturated heterocycles. The monoisotopic (exact) mass is 273 g/mol. The first-order valence-corrected chi connectivity index (χ1v) is 5.73. The van der Waals surface area contributed by atoms with E-state index in [1.165, 1.54) is 0 Å². The zero-order chi connectivity index (χ0) is 13.1. The highest BCUT2D eigenvalue weighted by atomic mass is 32.2. The van der Waals surface area contributed by atoms with Gasteiger partial charge in [0.05, 0.1) is 17.5 Å². The second-order valence-corrected chi connectivity index (χ2v) is 4.23. The summed E-state index contributed by atoms with van der Waals surface area (Å²) in [5.41, 5.74) is -0.491. The first kappa shape index (κ1) is 12.6. The van der Waals surface area contributed by atoms with Gasteiger partial charge in [-0.3, -0.25) is 4.79 Å². The highest BCUT2D eigenvalue weighted by Crippen LogP contribution is 2.13. The van der Waals surface area contributed by atoms with E-state index in [2.05, 4.69) is 15.5 Å². The molecule has 4 nitrogen and oxygen atoms in total. The molecular weight excluding hydrogens is 267 g/mol. The molecule has 0 aromatic heterocycles. The number of hydrogen-bond donors (Lipinski definition) is 1. The molecule has 0 spiro atoms. The molecule has 2 rings (SSSR count). The van der Waals surface area contributed by atoms with Gasteiger partial charge in [0.1, 0.15) is 17.5 Å². The second-order valence-electron chi connectivity index (χ2n) is 3.27. The van der Waals surface area contributed by atoms with Crippen molar-refractivity contribution in [2.75, 3.05) is 5.75 Å². The lowest BCUT2D eigenvalue weighted by atomic mass is 10.2. The molecule has 18 heavy (non-hydrogen) atoms. The Kier molecular flexibility index (Phi) is 3.66. The molecule has 8 heteroatoms. The molecule has 0 bridgehead atoms. The highest BCUT2D eigenvalue weighted by molar-refractivity contribution is 8.15. The highest BCUT2D eigenvalue weighted by Gasteiger charge is 2.16. The largest absolute Gasteiger partial charge is 0.303 e. The Morgan fingerprint density at radius 1 is 1.28 bits per heavy atom. The van der Waals surface area contributed by atoms with Crippen molar-refractivity contribution in [2.24, 2.45) is 10.2 Å². The SMILES string of the molecule is O=C1CSC(=NN=Cc2c(F)cc(F)cc2F)N1. The lowest BCUT2D eigenvalue weighted by Crippen LogP contribution is -2.19. The van der Waals surface area contributed by atoms with Crippen LogP contribution in [0.25, 0.3) is 0 Å². The summed E-state index contributed by atoms with van der Waals surface area (Å²) in [6, 6.07) is 1.09. The lowest BCUT2D eigenvalue weighted by Gasteiger charge is -1.98. The summed E-state index contributed by atoms with van der Waals surface area (Å²) in [5.74, 6) is -3.13. The van der Waals surface area contributed by atoms with Crippen molar-refractivity contribution in [2.45, 2.75) is 0 Å². The van der Waals surface area contributed by atoms with Crippen LogP contribution < -0.4 is 5.32 Å². The van der Waals surface area contributed by atoms with E-state index in [0.717, 1.165) is 18.0 Å². The number of thioether (sulfide) groups is 1. The minimum atomic E-state index is -1.07. The molecule has 1 N–H and O–H groups in total. The molecule has 0 saturated carbocycles. The number of amides is 1. The molecule has 0 atom stereocenters. The zero-order valence-corrected chi connectivity index (χ0v) is 9.60. The fourth-order valence-corrected chi connectivity index (χ4v) is 1.83. The molecule has 1 aromatic rings. The number of carbonyl (C=O) groups excluding carboxylic acids is 1. The number of benzene rings is 1. The van der Waals surface area contributed by atoms with Gasteiger partial charge in [-0.25, -0.2) is 13.2 Å². The molecule has 1 aliphatic heterocycles. The van der Waals surface area contributed by atoms with Gasteiger partial charge >= 0.3 is 0 Å². The lowest BCUT2D eigenvalue weighted by molar-refractivity contribution is -0.116. The number of halogens is 3. The fraction of sp³-hybridized carbons (Fsp3) is 0.100. The van der Waals surface area contributed by atoms with Gasteiger partial charge in [-0.05, 0) is 0 Å². The third kappa shape index (κ3) is 2.89. The predicted octanol–water partition coefficient (Wildman–Crippen LogP) is 1.66. The van der Waals surface area contributed by atoms with Crippen molar-refractivity contribution in [1.29, 1.82) is 0 Å². The van der Waals surface area contributed by atoms with Crippen LogP contribution in [-0.2, 0) is 4.79 Å². The molecule has 1 aliphatic rings. The molecule has 0 radical (unpaired) electrons. The first-order chi connectivity index (χ1) is 8.56.